The molecule has 1 unspecified atom stereocenters. The molecule has 0 saturated carbocycles. The van der Waals surface area contributed by atoms with Gasteiger partial charge in [-0.05, 0) is 42.9 Å². The van der Waals surface area contributed by atoms with Gasteiger partial charge < -0.3 is 34.1 Å². The van der Waals surface area contributed by atoms with E-state index in [0.29, 0.717) is 23.1 Å². The first kappa shape index (κ1) is 27.9. The highest BCUT2D eigenvalue weighted by molar-refractivity contribution is 6.38. The first-order valence-electron chi connectivity index (χ1n) is 13.6. The van der Waals surface area contributed by atoms with Crippen LogP contribution in [0.3, 0.4) is 0 Å². The number of ketones is 2. The minimum absolute atomic E-state index is 0.00626. The maximum absolute atomic E-state index is 14.5. The molecule has 1 atom stereocenters. The summed E-state index contributed by atoms with van der Waals surface area (Å²) in [6.45, 7) is 1.88. The van der Waals surface area contributed by atoms with Crippen molar-refractivity contribution in [2.45, 2.75) is 25.2 Å². The van der Waals surface area contributed by atoms with Crippen molar-refractivity contribution in [3.8, 4) is 34.5 Å². The van der Waals surface area contributed by atoms with Crippen molar-refractivity contribution in [3.63, 3.8) is 0 Å². The molecule has 0 fully saturated rings. The van der Waals surface area contributed by atoms with Crippen LogP contribution in [0.4, 0.5) is 0 Å². The first-order chi connectivity index (χ1) is 20.7. The van der Waals surface area contributed by atoms with Crippen LogP contribution in [0.5, 0.6) is 34.5 Å². The standard InChI is InChI=1S/C33H29NO9/c1-6-7-8-9-17-13-16-12-15-10-11-33(25(15)29(43-5)20(16)32(39)34-17)30(37)23-24(31(33)38)27(36)22-21(26(23)35)18(40-2)14-19(41-3)28(22)42-4/h6-9,12-14,35-36H,10-11H2,1-5H3,(H,34,39)/b7-6+,9-8+. The van der Waals surface area contributed by atoms with E-state index in [1.807, 2.05) is 19.1 Å². The number of H-pyrrole nitrogens is 1. The number of aromatic amines is 1. The van der Waals surface area contributed by atoms with Gasteiger partial charge in [0.2, 0.25) is 0 Å². The molecule has 10 heteroatoms. The molecule has 0 amide bonds. The molecule has 2 aliphatic rings. The second-order valence-electron chi connectivity index (χ2n) is 10.4. The molecule has 3 N–H and O–H groups in total. The van der Waals surface area contributed by atoms with Crippen LogP contribution in [0.2, 0.25) is 0 Å². The zero-order chi connectivity index (χ0) is 30.8. The van der Waals surface area contributed by atoms with Crippen molar-refractivity contribution in [1.82, 2.24) is 4.98 Å². The molecular weight excluding hydrogens is 554 g/mol. The van der Waals surface area contributed by atoms with Gasteiger partial charge in [0.25, 0.3) is 5.56 Å². The number of nitrogens with one attached hydrogen (secondary N) is 1. The fraction of sp³-hybridized carbons (Fsp3) is 0.242. The third kappa shape index (κ3) is 3.55. The van der Waals surface area contributed by atoms with Crippen LogP contribution in [0, 0.1) is 0 Å². The summed E-state index contributed by atoms with van der Waals surface area (Å²) in [4.78, 5) is 45.1. The number of methoxy groups -OCH3 is 4. The lowest BCUT2D eigenvalue weighted by Gasteiger charge is -2.24. The molecule has 2 aliphatic carbocycles. The molecule has 1 spiro atoms. The number of phenolic OH excluding ortho intramolecular Hbond substituents is 2. The van der Waals surface area contributed by atoms with Crippen LogP contribution >= 0.6 is 0 Å². The normalized spacial score (nSPS) is 17.5. The average Bonchev–Trinajstić information content (AvgIpc) is 3.49. The molecule has 43 heavy (non-hydrogen) atoms. The number of pyridine rings is 1. The molecule has 0 radical (unpaired) electrons. The van der Waals surface area contributed by atoms with Crippen LogP contribution in [-0.2, 0) is 11.8 Å². The molecule has 10 nitrogen and oxygen atoms in total. The van der Waals surface area contributed by atoms with E-state index in [2.05, 4.69) is 4.98 Å². The lowest BCUT2D eigenvalue weighted by atomic mass is 9.76. The number of aryl methyl sites for hydroxylation is 1. The van der Waals surface area contributed by atoms with Gasteiger partial charge in [-0.1, -0.05) is 24.3 Å². The third-order valence-electron chi connectivity index (χ3n) is 8.45. The number of hydrogen-bond donors (Lipinski definition) is 3. The summed E-state index contributed by atoms with van der Waals surface area (Å²) in [5.74, 6) is -2.03. The number of ether oxygens (including phenoxy) is 4. The van der Waals surface area contributed by atoms with E-state index in [1.54, 1.807) is 24.3 Å². The highest BCUT2D eigenvalue weighted by Crippen LogP contribution is 2.60. The van der Waals surface area contributed by atoms with E-state index in [-0.39, 0.29) is 62.3 Å². The van der Waals surface area contributed by atoms with Crippen molar-refractivity contribution in [3.05, 3.63) is 74.7 Å². The van der Waals surface area contributed by atoms with Gasteiger partial charge in [-0.15, -0.1) is 0 Å². The van der Waals surface area contributed by atoms with Crippen LogP contribution in [-0.4, -0.2) is 55.2 Å². The summed E-state index contributed by atoms with van der Waals surface area (Å²) in [5.41, 5.74) is -1.45. The summed E-state index contributed by atoms with van der Waals surface area (Å²) < 4.78 is 22.2. The van der Waals surface area contributed by atoms with Crippen molar-refractivity contribution < 1.29 is 38.7 Å². The lowest BCUT2D eigenvalue weighted by molar-refractivity contribution is 0.0791. The Bertz CT molecular complexity index is 2020. The Morgan fingerprint density at radius 1 is 0.791 bits per heavy atom. The second kappa shape index (κ2) is 9.94. The van der Waals surface area contributed by atoms with Gasteiger partial charge >= 0.3 is 0 Å². The smallest absolute Gasteiger partial charge is 0.260 e. The van der Waals surface area contributed by atoms with Crippen molar-refractivity contribution in [2.24, 2.45) is 0 Å². The number of benzene rings is 3. The van der Waals surface area contributed by atoms with Gasteiger partial charge in [0.1, 0.15) is 28.4 Å². The van der Waals surface area contributed by atoms with Gasteiger partial charge in [-0.25, -0.2) is 0 Å². The van der Waals surface area contributed by atoms with Gasteiger partial charge in [0, 0.05) is 17.3 Å². The van der Waals surface area contributed by atoms with E-state index in [0.717, 1.165) is 0 Å². The fourth-order valence-corrected chi connectivity index (χ4v) is 6.66. The Labute approximate surface area is 245 Å². The van der Waals surface area contributed by atoms with Crippen molar-refractivity contribution >= 4 is 39.2 Å². The predicted molar refractivity (Wildman–Crippen MR) is 161 cm³/mol. The molecule has 220 valence electrons. The number of allylic oxidation sites excluding steroid dienone is 3. The van der Waals surface area contributed by atoms with Gasteiger partial charge in [-0.2, -0.15) is 0 Å². The Hall–Kier alpha value is -5.25. The zero-order valence-corrected chi connectivity index (χ0v) is 24.2. The Balaban J connectivity index is 1.66. The van der Waals surface area contributed by atoms with Gasteiger partial charge in [-0.3, -0.25) is 14.4 Å². The summed E-state index contributed by atoms with van der Waals surface area (Å²) in [6, 6.07) is 5.05. The Morgan fingerprint density at radius 3 is 2.05 bits per heavy atom. The predicted octanol–water partition coefficient (Wildman–Crippen LogP) is 4.98. The summed E-state index contributed by atoms with van der Waals surface area (Å²) >= 11 is 0. The number of Topliss-reactive ketones (excluding diaryl/α,β-unsaturated/α-hetero) is 2. The number of phenols is 2. The first-order valence-corrected chi connectivity index (χ1v) is 13.6. The zero-order valence-electron chi connectivity index (χ0n) is 24.2. The van der Waals surface area contributed by atoms with E-state index in [1.165, 1.54) is 34.5 Å². The fourth-order valence-electron chi connectivity index (χ4n) is 6.66. The number of carbonyl (C=O) groups is 2. The van der Waals surface area contributed by atoms with Crippen molar-refractivity contribution in [1.29, 1.82) is 0 Å². The molecule has 4 aromatic rings. The van der Waals surface area contributed by atoms with Crippen LogP contribution in [0.25, 0.3) is 27.6 Å². The Morgan fingerprint density at radius 2 is 1.44 bits per heavy atom. The van der Waals surface area contributed by atoms with Crippen LogP contribution in [0.1, 0.15) is 50.9 Å². The number of rotatable bonds is 6. The SMILES string of the molecule is C/C=C/C=C/c1cc2cc3c(c(OC)c2c(=O)[nH]1)C1(CC3)C(=O)c2c(c(O)c3c(OC)c(OC)cc(OC)c3c2O)C1=O. The summed E-state index contributed by atoms with van der Waals surface area (Å²) in [6.07, 6.45) is 7.63. The molecule has 0 aliphatic heterocycles. The topological polar surface area (TPSA) is 144 Å². The van der Waals surface area contributed by atoms with E-state index < -0.39 is 34.0 Å². The minimum Gasteiger partial charge on any atom is -0.506 e. The average molecular weight is 584 g/mol. The maximum atomic E-state index is 14.5. The van der Waals surface area contributed by atoms with Crippen LogP contribution in [0.15, 0.2) is 41.2 Å². The number of aromatic hydroxyl groups is 2. The number of carbonyl (C=O) groups excluding carboxylic acids is 2. The molecule has 1 heterocycles. The largest absolute Gasteiger partial charge is 0.506 e. The third-order valence-corrected chi connectivity index (χ3v) is 8.45. The highest BCUT2D eigenvalue weighted by atomic mass is 16.5. The molecule has 0 bridgehead atoms. The van der Waals surface area contributed by atoms with E-state index >= 15 is 0 Å². The van der Waals surface area contributed by atoms with Crippen LogP contribution < -0.4 is 24.5 Å². The minimum atomic E-state index is -1.83. The van der Waals surface area contributed by atoms with E-state index in [9.17, 15) is 24.6 Å². The van der Waals surface area contributed by atoms with Crippen molar-refractivity contribution in [2.75, 3.05) is 28.4 Å². The maximum Gasteiger partial charge on any atom is 0.260 e. The monoisotopic (exact) mass is 583 g/mol. The van der Waals surface area contributed by atoms with Gasteiger partial charge in [0.15, 0.2) is 23.1 Å². The second-order valence-corrected chi connectivity index (χ2v) is 10.4. The summed E-state index contributed by atoms with van der Waals surface area (Å²) in [5, 5.41) is 23.9. The molecule has 0 saturated heterocycles. The molecular formula is C33H29NO9. The number of hydrogen-bond acceptors (Lipinski definition) is 9. The quantitative estimate of drug-likeness (QED) is 0.163. The number of fused-ring (bicyclic) bond motifs is 5. The Kier molecular flexibility index (Phi) is 6.45. The number of aromatic nitrogens is 1. The lowest BCUT2D eigenvalue weighted by Crippen LogP contribution is -2.36. The molecule has 1 aromatic heterocycles. The molecule has 3 aromatic carbocycles. The highest BCUT2D eigenvalue weighted by Gasteiger charge is 2.61. The molecule has 6 rings (SSSR count). The van der Waals surface area contributed by atoms with Gasteiger partial charge in [0.05, 0.1) is 55.7 Å². The summed E-state index contributed by atoms with van der Waals surface area (Å²) in [7, 11) is 5.49. The van der Waals surface area contributed by atoms with E-state index in [4.69, 9.17) is 18.9 Å².